The second-order valence-corrected chi connectivity index (χ2v) is 9.53. The summed E-state index contributed by atoms with van der Waals surface area (Å²) in [4.78, 5) is 28.5. The van der Waals surface area contributed by atoms with Crippen molar-refractivity contribution in [2.45, 2.75) is 32.6 Å². The van der Waals surface area contributed by atoms with E-state index in [-0.39, 0.29) is 23.9 Å². The van der Waals surface area contributed by atoms with E-state index in [1.165, 1.54) is 0 Å². The maximum Gasteiger partial charge on any atom is 0.258 e. The Bertz CT molecular complexity index is 1360. The second-order valence-electron chi connectivity index (χ2n) is 9.53. The lowest BCUT2D eigenvalue weighted by molar-refractivity contribution is -0.118. The maximum absolute atomic E-state index is 13.6. The summed E-state index contributed by atoms with van der Waals surface area (Å²) < 4.78 is 11.0. The molecule has 3 heterocycles. The van der Waals surface area contributed by atoms with Gasteiger partial charge in [0.1, 0.15) is 5.82 Å². The molecule has 3 aliphatic heterocycles. The maximum atomic E-state index is 13.6. The third-order valence-corrected chi connectivity index (χ3v) is 6.69. The number of para-hydroxylation sites is 1. The van der Waals surface area contributed by atoms with Crippen LogP contribution in [0.25, 0.3) is 0 Å². The number of fused-ring (bicyclic) bond motifs is 5. The van der Waals surface area contributed by atoms with Crippen LogP contribution in [-0.4, -0.2) is 18.5 Å². The highest BCUT2D eigenvalue weighted by Crippen LogP contribution is 2.52. The zero-order valence-electron chi connectivity index (χ0n) is 18.3. The van der Waals surface area contributed by atoms with E-state index in [0.717, 1.165) is 11.3 Å². The molecule has 164 valence electrons. The second kappa shape index (κ2) is 6.72. The molecule has 1 N–H and O–H groups in total. The van der Waals surface area contributed by atoms with Gasteiger partial charge in [-0.1, -0.05) is 32.0 Å². The van der Waals surface area contributed by atoms with Gasteiger partial charge in [-0.2, -0.15) is 5.26 Å². The van der Waals surface area contributed by atoms with Crippen molar-refractivity contribution in [1.82, 2.24) is 5.32 Å². The van der Waals surface area contributed by atoms with Gasteiger partial charge in [0.25, 0.3) is 5.91 Å². The minimum atomic E-state index is -0.597. The monoisotopic (exact) mass is 439 g/mol. The van der Waals surface area contributed by atoms with Crippen molar-refractivity contribution in [1.29, 1.82) is 5.26 Å². The number of hydrogen-bond donors (Lipinski definition) is 1. The lowest BCUT2D eigenvalue weighted by Gasteiger charge is -2.46. The summed E-state index contributed by atoms with van der Waals surface area (Å²) in [6.45, 7) is 4.28. The van der Waals surface area contributed by atoms with Crippen LogP contribution in [0.5, 0.6) is 11.5 Å². The fourth-order valence-corrected chi connectivity index (χ4v) is 5.33. The number of carbonyl (C=O) groups excluding carboxylic acids is 2. The first-order chi connectivity index (χ1) is 15.9. The average Bonchev–Trinajstić information content (AvgIpc) is 3.25. The average molecular weight is 439 g/mol. The molecule has 0 fully saturated rings. The highest BCUT2D eigenvalue weighted by molar-refractivity contribution is 6.07. The van der Waals surface area contributed by atoms with E-state index in [1.807, 2.05) is 35.2 Å². The van der Waals surface area contributed by atoms with E-state index in [0.29, 0.717) is 52.6 Å². The molecule has 0 spiro atoms. The number of nitrogens with one attached hydrogen (secondary N) is 1. The van der Waals surface area contributed by atoms with Crippen LogP contribution < -0.4 is 19.7 Å². The van der Waals surface area contributed by atoms with Crippen LogP contribution in [0.1, 0.15) is 48.5 Å². The van der Waals surface area contributed by atoms with Gasteiger partial charge in [0.2, 0.25) is 6.79 Å². The molecule has 1 unspecified atom stereocenters. The van der Waals surface area contributed by atoms with Gasteiger partial charge >= 0.3 is 0 Å². The summed E-state index contributed by atoms with van der Waals surface area (Å²) in [5, 5.41) is 13.2. The summed E-state index contributed by atoms with van der Waals surface area (Å²) in [7, 11) is 0. The van der Waals surface area contributed by atoms with Gasteiger partial charge in [-0.15, -0.1) is 0 Å². The Morgan fingerprint density at radius 3 is 2.70 bits per heavy atom. The number of nitriles is 1. The van der Waals surface area contributed by atoms with Crippen LogP contribution in [0.4, 0.5) is 5.69 Å². The van der Waals surface area contributed by atoms with Crippen molar-refractivity contribution < 1.29 is 19.1 Å². The standard InChI is InChI=1S/C26H21N3O4/c1-26(2)10-18-23(19(30)11-26)22(14-7-8-20-21(9-14)33-13-32-20)16(12-27)24-28-25(31)15-5-3-4-6-17(15)29(18)24/h3-9,22H,10-11,13H2,1-2H3,(H,28,31). The number of nitrogens with zero attached hydrogens (tertiary/aromatic N) is 2. The molecule has 2 aromatic carbocycles. The fraction of sp³-hybridized carbons (Fsp3) is 0.269. The third kappa shape index (κ3) is 2.80. The van der Waals surface area contributed by atoms with Crippen LogP contribution in [-0.2, 0) is 4.79 Å². The van der Waals surface area contributed by atoms with E-state index in [1.54, 1.807) is 12.1 Å². The number of rotatable bonds is 1. The van der Waals surface area contributed by atoms with Crippen LogP contribution in [0.3, 0.4) is 0 Å². The van der Waals surface area contributed by atoms with Gasteiger partial charge in [0, 0.05) is 17.7 Å². The Kier molecular flexibility index (Phi) is 4.00. The number of Topliss-reactive ketones (excluding diaryl/α,β-unsaturated/α-hetero) is 1. The minimum Gasteiger partial charge on any atom is -0.454 e. The Balaban J connectivity index is 1.64. The predicted molar refractivity (Wildman–Crippen MR) is 119 cm³/mol. The van der Waals surface area contributed by atoms with Gasteiger partial charge in [-0.05, 0) is 41.7 Å². The van der Waals surface area contributed by atoms with Gasteiger partial charge < -0.3 is 14.8 Å². The molecular weight excluding hydrogens is 418 g/mol. The molecule has 0 saturated carbocycles. The molecule has 7 nitrogen and oxygen atoms in total. The van der Waals surface area contributed by atoms with Gasteiger partial charge in [0.15, 0.2) is 17.3 Å². The summed E-state index contributed by atoms with van der Waals surface area (Å²) in [5.74, 6) is 0.797. The summed E-state index contributed by atoms with van der Waals surface area (Å²) in [6.07, 6.45) is 1.03. The molecule has 4 aliphatic rings. The molecule has 1 aliphatic carbocycles. The first-order valence-electron chi connectivity index (χ1n) is 10.9. The molecule has 7 heteroatoms. The number of amides is 1. The lowest BCUT2D eigenvalue weighted by atomic mass is 9.68. The van der Waals surface area contributed by atoms with Gasteiger partial charge in [-0.3, -0.25) is 14.5 Å². The number of ether oxygens (including phenoxy) is 2. The van der Waals surface area contributed by atoms with E-state index in [4.69, 9.17) is 9.47 Å². The number of anilines is 1. The van der Waals surface area contributed by atoms with E-state index >= 15 is 0 Å². The Morgan fingerprint density at radius 2 is 1.88 bits per heavy atom. The Morgan fingerprint density at radius 1 is 1.09 bits per heavy atom. The summed E-state index contributed by atoms with van der Waals surface area (Å²) >= 11 is 0. The van der Waals surface area contributed by atoms with Crippen molar-refractivity contribution in [3.8, 4) is 17.6 Å². The molecule has 1 amide bonds. The molecule has 0 bridgehead atoms. The van der Waals surface area contributed by atoms with Gasteiger partial charge in [0.05, 0.1) is 28.8 Å². The zero-order valence-corrected chi connectivity index (χ0v) is 18.3. The number of carbonyl (C=O) groups is 2. The molecule has 2 aromatic rings. The first kappa shape index (κ1) is 19.6. The molecule has 1 atom stereocenters. The van der Waals surface area contributed by atoms with E-state index < -0.39 is 5.92 Å². The summed E-state index contributed by atoms with van der Waals surface area (Å²) in [6, 6.07) is 15.1. The Hall–Kier alpha value is -4.05. The smallest absolute Gasteiger partial charge is 0.258 e. The number of ketones is 1. The van der Waals surface area contributed by atoms with Crippen LogP contribution in [0.15, 0.2) is 65.1 Å². The Labute approximate surface area is 190 Å². The topological polar surface area (TPSA) is 91.7 Å². The zero-order chi connectivity index (χ0) is 22.9. The van der Waals surface area contributed by atoms with E-state index in [2.05, 4.69) is 25.2 Å². The molecule has 0 radical (unpaired) electrons. The molecular formula is C26H21N3O4. The highest BCUT2D eigenvalue weighted by atomic mass is 16.7. The highest BCUT2D eigenvalue weighted by Gasteiger charge is 2.47. The SMILES string of the molecule is CC1(C)CC(=O)C2=C(C1)N1C(=C(C#N)C2c2ccc3c(c2)OCO3)NC(=O)c2ccccc21. The summed E-state index contributed by atoms with van der Waals surface area (Å²) in [5.41, 5.74) is 3.50. The van der Waals surface area contributed by atoms with Crippen molar-refractivity contribution >= 4 is 17.4 Å². The first-order valence-corrected chi connectivity index (χ1v) is 10.9. The number of allylic oxidation sites excluding steroid dienone is 3. The quantitative estimate of drug-likeness (QED) is 0.718. The minimum absolute atomic E-state index is 0.0186. The van der Waals surface area contributed by atoms with Crippen molar-refractivity contribution in [3.63, 3.8) is 0 Å². The van der Waals surface area contributed by atoms with Crippen LogP contribution in [0, 0.1) is 16.7 Å². The van der Waals surface area contributed by atoms with E-state index in [9.17, 15) is 14.9 Å². The number of hydrogen-bond acceptors (Lipinski definition) is 6. The molecule has 0 aromatic heterocycles. The molecule has 6 rings (SSSR count). The fourth-order valence-electron chi connectivity index (χ4n) is 5.33. The van der Waals surface area contributed by atoms with Crippen LogP contribution in [0.2, 0.25) is 0 Å². The number of benzene rings is 2. The van der Waals surface area contributed by atoms with Crippen molar-refractivity contribution in [3.05, 3.63) is 76.3 Å². The normalized spacial score (nSPS) is 22.3. The predicted octanol–water partition coefficient (Wildman–Crippen LogP) is 4.14. The third-order valence-electron chi connectivity index (χ3n) is 6.69. The lowest BCUT2D eigenvalue weighted by Crippen LogP contribution is -2.48. The van der Waals surface area contributed by atoms with Gasteiger partial charge in [-0.25, -0.2) is 0 Å². The van der Waals surface area contributed by atoms with Crippen LogP contribution >= 0.6 is 0 Å². The van der Waals surface area contributed by atoms with Crippen molar-refractivity contribution in [2.75, 3.05) is 11.7 Å². The molecule has 33 heavy (non-hydrogen) atoms. The largest absolute Gasteiger partial charge is 0.454 e. The molecule has 0 saturated heterocycles. The van der Waals surface area contributed by atoms with Crippen molar-refractivity contribution in [2.24, 2.45) is 5.41 Å².